The Kier molecular flexibility index (Phi) is 12.2. The zero-order valence-electron chi connectivity index (χ0n) is 17.4. The van der Waals surface area contributed by atoms with Gasteiger partial charge in [0.15, 0.2) is 0 Å². The van der Waals surface area contributed by atoms with Gasteiger partial charge in [0.1, 0.15) is 0 Å². The van der Waals surface area contributed by atoms with Crippen molar-refractivity contribution in [3.8, 4) is 0 Å². The predicted molar refractivity (Wildman–Crippen MR) is 88.4 cm³/mol. The van der Waals surface area contributed by atoms with Crippen molar-refractivity contribution in [1.29, 1.82) is 0 Å². The molecule has 1 atom stereocenters. The average molecular weight is 604 g/mol. The first-order chi connectivity index (χ1) is 16.4. The van der Waals surface area contributed by atoms with Crippen LogP contribution in [0.3, 0.4) is 0 Å². The predicted octanol–water partition coefficient (Wildman–Crippen LogP) is 5.59. The minimum absolute atomic E-state index is 0.0584. The number of ether oxygens (including phenoxy) is 2. The third-order valence-electron chi connectivity index (χ3n) is 4.29. The maximum Gasteiger partial charge on any atom is 0.431 e. The zero-order valence-corrected chi connectivity index (χ0v) is 18.2. The number of esters is 2. The Morgan fingerprint density at radius 2 is 1.05 bits per heavy atom. The van der Waals surface area contributed by atoms with E-state index >= 15 is 0 Å². The first-order valence-corrected chi connectivity index (χ1v) is 9.92. The molecular weight excluding hydrogens is 590 g/mol. The number of halogens is 14. The van der Waals surface area contributed by atoms with Gasteiger partial charge in [-0.15, -0.1) is 4.33 Å². The molecule has 0 aliphatic heterocycles. The molecule has 0 fully saturated rings. The van der Waals surface area contributed by atoms with Crippen molar-refractivity contribution < 1.29 is 95.2 Å². The van der Waals surface area contributed by atoms with Crippen LogP contribution in [-0.2, 0) is 28.4 Å². The molecule has 0 saturated heterocycles. The van der Waals surface area contributed by atoms with Gasteiger partial charge in [0.05, 0.1) is 25.6 Å². The monoisotopic (exact) mass is 604 g/mol. The molecule has 0 heterocycles. The summed E-state index contributed by atoms with van der Waals surface area (Å²) in [6, 6.07) is 0. The average Bonchev–Trinajstić information content (AvgIpc) is 2.69. The molecule has 0 aliphatic carbocycles. The van der Waals surface area contributed by atoms with Crippen LogP contribution in [-0.4, -0.2) is 72.2 Å². The highest BCUT2D eigenvalue weighted by atomic mass is 32.2. The molecule has 0 amide bonds. The summed E-state index contributed by atoms with van der Waals surface area (Å²) >= 11 is -0.0584. The molecular formula is C15H14F14O7S. The molecule has 1 N–H and O–H groups in total. The lowest BCUT2D eigenvalue weighted by Crippen LogP contribution is -2.54. The van der Waals surface area contributed by atoms with Gasteiger partial charge in [-0.05, 0) is 0 Å². The maximum absolute atomic E-state index is 13.5. The zero-order chi connectivity index (χ0) is 29.5. The van der Waals surface area contributed by atoms with Crippen LogP contribution in [0, 0.1) is 5.92 Å². The summed E-state index contributed by atoms with van der Waals surface area (Å²) in [5.74, 6) is -6.54. The van der Waals surface area contributed by atoms with Crippen molar-refractivity contribution in [3.05, 3.63) is 0 Å². The maximum atomic E-state index is 13.5. The fraction of sp³-hybridized carbons (Fsp3) is 0.867. The van der Waals surface area contributed by atoms with E-state index < -0.39 is 92.1 Å². The van der Waals surface area contributed by atoms with Gasteiger partial charge in [0.2, 0.25) is 0 Å². The molecule has 0 aliphatic rings. The van der Waals surface area contributed by atoms with Crippen LogP contribution < -0.4 is 0 Å². The highest BCUT2D eigenvalue weighted by Crippen LogP contribution is 2.49. The summed E-state index contributed by atoms with van der Waals surface area (Å²) in [6.45, 7) is -3.72. The van der Waals surface area contributed by atoms with E-state index in [1.807, 2.05) is 0 Å². The summed E-state index contributed by atoms with van der Waals surface area (Å²) in [6.07, 6.45) is -32.2. The third kappa shape index (κ3) is 9.46. The van der Waals surface area contributed by atoms with Crippen molar-refractivity contribution in [2.75, 3.05) is 19.0 Å². The third-order valence-corrected chi connectivity index (χ3v) is 4.99. The molecule has 0 spiro atoms. The van der Waals surface area contributed by atoms with Crippen LogP contribution in [0.25, 0.3) is 0 Å². The molecule has 0 saturated carbocycles. The lowest BCUT2D eigenvalue weighted by atomic mass is 10.0. The van der Waals surface area contributed by atoms with Crippen LogP contribution in [0.15, 0.2) is 0 Å². The van der Waals surface area contributed by atoms with Crippen LogP contribution in [0.2, 0.25) is 0 Å². The minimum Gasteiger partial charge on any atom is -0.466 e. The van der Waals surface area contributed by atoms with Gasteiger partial charge in [-0.25, -0.2) is 14.0 Å². The lowest BCUT2D eigenvalue weighted by Gasteiger charge is -2.30. The summed E-state index contributed by atoms with van der Waals surface area (Å²) < 4.78 is 189. The van der Waals surface area contributed by atoms with E-state index in [1.165, 1.54) is 0 Å². The second kappa shape index (κ2) is 12.8. The van der Waals surface area contributed by atoms with Crippen molar-refractivity contribution in [3.63, 3.8) is 0 Å². The molecule has 0 rings (SSSR count). The van der Waals surface area contributed by atoms with E-state index in [4.69, 9.17) is 5.26 Å². The topological polar surface area (TPSA) is 91.3 Å². The van der Waals surface area contributed by atoms with Crippen molar-refractivity contribution in [1.82, 2.24) is 0 Å². The molecule has 220 valence electrons. The Balaban J connectivity index is 5.25. The summed E-state index contributed by atoms with van der Waals surface area (Å²) in [4.78, 5) is 23.6. The second-order valence-corrected chi connectivity index (χ2v) is 7.51. The molecule has 0 aromatic rings. The van der Waals surface area contributed by atoms with Gasteiger partial charge in [0, 0.05) is 30.6 Å². The fourth-order valence-corrected chi connectivity index (χ4v) is 2.72. The molecule has 7 nitrogen and oxygen atoms in total. The van der Waals surface area contributed by atoms with Crippen molar-refractivity contribution in [2.24, 2.45) is 5.92 Å². The number of carbonyl (C=O) groups is 2. The number of carbonyl (C=O) groups excluding carboxylic acids is 2. The number of hydrogen-bond donors (Lipinski definition) is 1. The van der Waals surface area contributed by atoms with E-state index in [1.54, 1.807) is 0 Å². The second-order valence-electron chi connectivity index (χ2n) is 6.81. The fourth-order valence-electron chi connectivity index (χ4n) is 2.21. The van der Waals surface area contributed by atoms with Gasteiger partial charge in [-0.3, -0.25) is 9.59 Å². The van der Waals surface area contributed by atoms with Crippen molar-refractivity contribution in [2.45, 2.75) is 55.3 Å². The standard InChI is InChI=1S/C15H14F14O7S/c16-10(12(18,19)20,13(21,22)23)1-3-33-8(30)5-7(6-37-36-35-32)9(31)34-4-2-11(17,14(24,25)26)15(27,28)29/h7,32H,1-6H2. The van der Waals surface area contributed by atoms with Crippen LogP contribution in [0.1, 0.15) is 19.3 Å². The molecule has 0 radical (unpaired) electrons. The van der Waals surface area contributed by atoms with E-state index in [-0.39, 0.29) is 12.0 Å². The highest BCUT2D eigenvalue weighted by Gasteiger charge is 2.73. The molecule has 37 heavy (non-hydrogen) atoms. The molecule has 0 bridgehead atoms. The van der Waals surface area contributed by atoms with Gasteiger partial charge in [-0.2, -0.15) is 52.7 Å². The molecule has 0 aromatic carbocycles. The van der Waals surface area contributed by atoms with Crippen LogP contribution >= 0.6 is 12.0 Å². The van der Waals surface area contributed by atoms with E-state index in [9.17, 15) is 71.1 Å². The Bertz CT molecular complexity index is 721. The Hall–Kier alpha value is -1.81. The SMILES string of the molecule is O=C(CC(CSOOO)C(=O)OCCC(F)(C(F)(F)F)C(F)(F)F)OCCC(F)(C(F)(F)F)C(F)(F)F. The van der Waals surface area contributed by atoms with Gasteiger partial charge < -0.3 is 9.47 Å². The first-order valence-electron chi connectivity index (χ1n) is 9.01. The molecule has 1 unspecified atom stereocenters. The summed E-state index contributed by atoms with van der Waals surface area (Å²) in [5.41, 5.74) is -11.6. The molecule has 0 aromatic heterocycles. The Morgan fingerprint density at radius 1 is 0.676 bits per heavy atom. The summed E-state index contributed by atoms with van der Waals surface area (Å²) in [5, 5.41) is 11.1. The van der Waals surface area contributed by atoms with E-state index in [0.29, 0.717) is 0 Å². The normalized spacial score (nSPS) is 14.9. The van der Waals surface area contributed by atoms with E-state index in [2.05, 4.69) is 18.8 Å². The first kappa shape index (κ1) is 35.2. The lowest BCUT2D eigenvalue weighted by molar-refractivity contribution is -0.432. The van der Waals surface area contributed by atoms with Gasteiger partial charge in [0.25, 0.3) is 0 Å². The van der Waals surface area contributed by atoms with E-state index in [0.717, 1.165) is 0 Å². The van der Waals surface area contributed by atoms with Gasteiger partial charge >= 0.3 is 48.0 Å². The quantitative estimate of drug-likeness (QED) is 0.0727. The smallest absolute Gasteiger partial charge is 0.431 e. The highest BCUT2D eigenvalue weighted by molar-refractivity contribution is 7.94. The minimum atomic E-state index is -6.48. The van der Waals surface area contributed by atoms with Crippen molar-refractivity contribution >= 4 is 24.0 Å². The Morgan fingerprint density at radius 3 is 1.41 bits per heavy atom. The number of alkyl halides is 14. The van der Waals surface area contributed by atoms with Crippen LogP contribution in [0.5, 0.6) is 0 Å². The molecule has 22 heteroatoms. The van der Waals surface area contributed by atoms with Gasteiger partial charge in [-0.1, -0.05) is 5.04 Å². The van der Waals surface area contributed by atoms with Crippen LogP contribution in [0.4, 0.5) is 61.5 Å². The Labute approximate surface area is 200 Å². The number of rotatable bonds is 13. The summed E-state index contributed by atoms with van der Waals surface area (Å²) in [7, 11) is 0. The number of hydrogen-bond acceptors (Lipinski definition) is 8. The largest absolute Gasteiger partial charge is 0.466 e.